The standard InChI is InChI=1S/C17H23N3O/c1-5-20-11-12(18)10-15(20)16(21)19-14-9-7-6-8-13(14)17(2,3)4/h6-11H,5,18H2,1-4H3,(H,19,21). The van der Waals surface area contributed by atoms with Gasteiger partial charge in [0.2, 0.25) is 0 Å². The Labute approximate surface area is 126 Å². The van der Waals surface area contributed by atoms with Crippen molar-refractivity contribution in [3.63, 3.8) is 0 Å². The highest BCUT2D eigenvalue weighted by molar-refractivity contribution is 6.04. The average Bonchev–Trinajstić information content (AvgIpc) is 2.79. The zero-order chi connectivity index (χ0) is 15.6. The molecule has 0 saturated carbocycles. The van der Waals surface area contributed by atoms with E-state index < -0.39 is 0 Å². The number of aryl methyl sites for hydroxylation is 1. The van der Waals surface area contributed by atoms with Crippen molar-refractivity contribution < 1.29 is 4.79 Å². The molecule has 1 aromatic carbocycles. The minimum absolute atomic E-state index is 0.0321. The lowest BCUT2D eigenvalue weighted by atomic mass is 9.86. The molecule has 112 valence electrons. The van der Waals surface area contributed by atoms with E-state index in [0.29, 0.717) is 17.9 Å². The van der Waals surface area contributed by atoms with E-state index in [-0.39, 0.29) is 11.3 Å². The van der Waals surface area contributed by atoms with Crippen LogP contribution in [-0.2, 0) is 12.0 Å². The van der Waals surface area contributed by atoms with Crippen LogP contribution in [0.3, 0.4) is 0 Å². The first-order valence-corrected chi connectivity index (χ1v) is 7.19. The molecule has 0 atom stereocenters. The van der Waals surface area contributed by atoms with Crippen LogP contribution in [0.5, 0.6) is 0 Å². The minimum atomic E-state index is -0.134. The molecule has 21 heavy (non-hydrogen) atoms. The van der Waals surface area contributed by atoms with Crippen molar-refractivity contribution in [3.8, 4) is 0 Å². The lowest BCUT2D eigenvalue weighted by Gasteiger charge is -2.23. The van der Waals surface area contributed by atoms with Gasteiger partial charge in [0.15, 0.2) is 0 Å². The molecule has 0 saturated heterocycles. The second-order valence-corrected chi connectivity index (χ2v) is 6.19. The number of carbonyl (C=O) groups is 1. The zero-order valence-electron chi connectivity index (χ0n) is 13.1. The van der Waals surface area contributed by atoms with E-state index in [1.165, 1.54) is 0 Å². The van der Waals surface area contributed by atoms with Gasteiger partial charge >= 0.3 is 0 Å². The van der Waals surface area contributed by atoms with Gasteiger partial charge in [-0.3, -0.25) is 4.79 Å². The maximum Gasteiger partial charge on any atom is 0.272 e. The second-order valence-electron chi connectivity index (χ2n) is 6.19. The first kappa shape index (κ1) is 15.2. The summed E-state index contributed by atoms with van der Waals surface area (Å²) in [6, 6.07) is 9.60. The Bertz CT molecular complexity index is 650. The highest BCUT2D eigenvalue weighted by atomic mass is 16.1. The monoisotopic (exact) mass is 285 g/mol. The lowest BCUT2D eigenvalue weighted by molar-refractivity contribution is 0.101. The van der Waals surface area contributed by atoms with Crippen molar-refractivity contribution in [2.45, 2.75) is 39.7 Å². The fourth-order valence-electron chi connectivity index (χ4n) is 2.42. The van der Waals surface area contributed by atoms with E-state index in [1.54, 1.807) is 12.3 Å². The fraction of sp³-hybridized carbons (Fsp3) is 0.353. The summed E-state index contributed by atoms with van der Waals surface area (Å²) in [7, 11) is 0. The van der Waals surface area contributed by atoms with E-state index in [4.69, 9.17) is 5.73 Å². The van der Waals surface area contributed by atoms with E-state index in [9.17, 15) is 4.79 Å². The van der Waals surface area contributed by atoms with Crippen LogP contribution in [0.4, 0.5) is 11.4 Å². The summed E-state index contributed by atoms with van der Waals surface area (Å²) in [5.74, 6) is -0.134. The number of anilines is 2. The van der Waals surface area contributed by atoms with Crippen molar-refractivity contribution in [2.75, 3.05) is 11.1 Å². The topological polar surface area (TPSA) is 60.0 Å². The van der Waals surface area contributed by atoms with E-state index in [1.807, 2.05) is 35.8 Å². The van der Waals surface area contributed by atoms with Gasteiger partial charge in [0.1, 0.15) is 5.69 Å². The van der Waals surface area contributed by atoms with Crippen LogP contribution in [0.1, 0.15) is 43.7 Å². The summed E-state index contributed by atoms with van der Waals surface area (Å²) >= 11 is 0. The van der Waals surface area contributed by atoms with Crippen LogP contribution in [0.25, 0.3) is 0 Å². The molecule has 2 aromatic rings. The number of carbonyl (C=O) groups excluding carboxylic acids is 1. The number of para-hydroxylation sites is 1. The van der Waals surface area contributed by atoms with Crippen molar-refractivity contribution in [1.82, 2.24) is 4.57 Å². The highest BCUT2D eigenvalue weighted by Gasteiger charge is 2.20. The van der Waals surface area contributed by atoms with Gasteiger partial charge in [0.25, 0.3) is 5.91 Å². The fourth-order valence-corrected chi connectivity index (χ4v) is 2.42. The van der Waals surface area contributed by atoms with Crippen molar-refractivity contribution in [1.29, 1.82) is 0 Å². The van der Waals surface area contributed by atoms with Crippen molar-refractivity contribution in [2.24, 2.45) is 0 Å². The third-order valence-corrected chi connectivity index (χ3v) is 3.47. The van der Waals surface area contributed by atoms with Gasteiger partial charge in [-0.05, 0) is 30.0 Å². The molecule has 0 radical (unpaired) electrons. The summed E-state index contributed by atoms with van der Waals surface area (Å²) in [4.78, 5) is 12.5. The Balaban J connectivity index is 2.32. The SMILES string of the molecule is CCn1cc(N)cc1C(=O)Nc1ccccc1C(C)(C)C. The summed E-state index contributed by atoms with van der Waals surface area (Å²) in [6.45, 7) is 9.08. The van der Waals surface area contributed by atoms with E-state index in [2.05, 4.69) is 26.1 Å². The molecular formula is C17H23N3O. The van der Waals surface area contributed by atoms with Crippen LogP contribution >= 0.6 is 0 Å². The van der Waals surface area contributed by atoms with Gasteiger partial charge in [-0.25, -0.2) is 0 Å². The average molecular weight is 285 g/mol. The first-order valence-electron chi connectivity index (χ1n) is 7.19. The van der Waals surface area contributed by atoms with Crippen molar-refractivity contribution >= 4 is 17.3 Å². The van der Waals surface area contributed by atoms with Gasteiger partial charge in [-0.2, -0.15) is 0 Å². The summed E-state index contributed by atoms with van der Waals surface area (Å²) < 4.78 is 1.85. The Morgan fingerprint density at radius 1 is 1.29 bits per heavy atom. The third-order valence-electron chi connectivity index (χ3n) is 3.47. The molecule has 1 amide bonds. The number of aromatic nitrogens is 1. The number of nitrogens with zero attached hydrogens (tertiary/aromatic N) is 1. The van der Waals surface area contributed by atoms with Gasteiger partial charge in [0, 0.05) is 18.4 Å². The Morgan fingerprint density at radius 2 is 1.95 bits per heavy atom. The summed E-state index contributed by atoms with van der Waals surface area (Å²) in [5.41, 5.74) is 8.89. The molecule has 3 N–H and O–H groups in total. The molecule has 1 aromatic heterocycles. The summed E-state index contributed by atoms with van der Waals surface area (Å²) in [6.07, 6.45) is 1.78. The molecule has 0 aliphatic rings. The molecule has 4 heteroatoms. The largest absolute Gasteiger partial charge is 0.397 e. The minimum Gasteiger partial charge on any atom is -0.397 e. The van der Waals surface area contributed by atoms with Crippen LogP contribution in [0, 0.1) is 0 Å². The molecule has 1 heterocycles. The second kappa shape index (κ2) is 5.64. The third kappa shape index (κ3) is 3.27. The molecule has 4 nitrogen and oxygen atoms in total. The Hall–Kier alpha value is -2.23. The molecular weight excluding hydrogens is 262 g/mol. The zero-order valence-corrected chi connectivity index (χ0v) is 13.1. The molecule has 0 unspecified atom stereocenters. The number of hydrogen-bond acceptors (Lipinski definition) is 2. The van der Waals surface area contributed by atoms with Crippen molar-refractivity contribution in [3.05, 3.63) is 47.8 Å². The first-order chi connectivity index (χ1) is 9.82. The predicted molar refractivity (Wildman–Crippen MR) is 87.6 cm³/mol. The molecule has 0 bridgehead atoms. The van der Waals surface area contributed by atoms with Crippen LogP contribution in [0.15, 0.2) is 36.5 Å². The summed E-state index contributed by atoms with van der Waals surface area (Å²) in [5, 5.41) is 3.01. The van der Waals surface area contributed by atoms with Crippen LogP contribution < -0.4 is 11.1 Å². The molecule has 2 rings (SSSR count). The number of nitrogen functional groups attached to an aromatic ring is 1. The number of nitrogens with one attached hydrogen (secondary N) is 1. The number of hydrogen-bond donors (Lipinski definition) is 2. The lowest BCUT2D eigenvalue weighted by Crippen LogP contribution is -2.20. The number of benzene rings is 1. The molecule has 0 spiro atoms. The molecule has 0 aliphatic carbocycles. The highest BCUT2D eigenvalue weighted by Crippen LogP contribution is 2.29. The normalized spacial score (nSPS) is 11.4. The maximum absolute atomic E-state index is 12.5. The Morgan fingerprint density at radius 3 is 2.57 bits per heavy atom. The number of rotatable bonds is 3. The van der Waals surface area contributed by atoms with Crippen LogP contribution in [-0.4, -0.2) is 10.5 Å². The quantitative estimate of drug-likeness (QED) is 0.904. The maximum atomic E-state index is 12.5. The Kier molecular flexibility index (Phi) is 4.07. The van der Waals surface area contributed by atoms with Gasteiger partial charge in [0.05, 0.1) is 5.69 Å². The number of nitrogens with two attached hydrogens (primary N) is 1. The van der Waals surface area contributed by atoms with E-state index in [0.717, 1.165) is 11.3 Å². The number of amides is 1. The van der Waals surface area contributed by atoms with Gasteiger partial charge < -0.3 is 15.6 Å². The van der Waals surface area contributed by atoms with Gasteiger partial charge in [-0.1, -0.05) is 39.0 Å². The van der Waals surface area contributed by atoms with E-state index >= 15 is 0 Å². The predicted octanol–water partition coefficient (Wildman–Crippen LogP) is 3.64. The molecule has 0 aliphatic heterocycles. The smallest absolute Gasteiger partial charge is 0.272 e. The molecule has 0 fully saturated rings. The van der Waals surface area contributed by atoms with Crippen LogP contribution in [0.2, 0.25) is 0 Å². The van der Waals surface area contributed by atoms with Gasteiger partial charge in [-0.15, -0.1) is 0 Å².